The van der Waals surface area contributed by atoms with E-state index in [2.05, 4.69) is 10.5 Å². The molecule has 6 heteroatoms. The Morgan fingerprint density at radius 3 is 2.74 bits per heavy atom. The van der Waals surface area contributed by atoms with Crippen LogP contribution in [0.4, 0.5) is 5.69 Å². The van der Waals surface area contributed by atoms with Crippen LogP contribution in [0.15, 0.2) is 22.7 Å². The van der Waals surface area contributed by atoms with Crippen LogP contribution in [-0.2, 0) is 6.54 Å². The van der Waals surface area contributed by atoms with Gasteiger partial charge in [0.25, 0.3) is 5.91 Å². The molecule has 0 aliphatic rings. The number of aromatic nitrogens is 1. The highest BCUT2D eigenvalue weighted by molar-refractivity contribution is 6.31. The second-order valence-electron chi connectivity index (χ2n) is 4.26. The molecular weight excluding hydrogens is 266 g/mol. The van der Waals surface area contributed by atoms with E-state index in [1.54, 1.807) is 25.1 Å². The first-order chi connectivity index (χ1) is 8.97. The van der Waals surface area contributed by atoms with Crippen LogP contribution in [0.25, 0.3) is 0 Å². The molecule has 0 radical (unpaired) electrons. The van der Waals surface area contributed by atoms with E-state index in [-0.39, 0.29) is 5.91 Å². The molecule has 0 saturated carbocycles. The zero-order chi connectivity index (χ0) is 14.0. The van der Waals surface area contributed by atoms with Crippen LogP contribution in [-0.4, -0.2) is 11.1 Å². The first-order valence-electron chi connectivity index (χ1n) is 5.73. The van der Waals surface area contributed by atoms with Crippen molar-refractivity contribution in [2.45, 2.75) is 20.4 Å². The van der Waals surface area contributed by atoms with Crippen molar-refractivity contribution in [3.05, 3.63) is 45.8 Å². The number of nitrogen functional groups attached to an aromatic ring is 1. The number of halogens is 1. The average Bonchev–Trinajstić information content (AvgIpc) is 2.65. The predicted molar refractivity (Wildman–Crippen MR) is 73.0 cm³/mol. The number of anilines is 1. The van der Waals surface area contributed by atoms with Crippen molar-refractivity contribution >= 4 is 23.2 Å². The Balaban J connectivity index is 2.09. The van der Waals surface area contributed by atoms with Gasteiger partial charge in [0.05, 0.1) is 5.69 Å². The maximum atomic E-state index is 12.0. The number of rotatable bonds is 3. The van der Waals surface area contributed by atoms with E-state index < -0.39 is 0 Å². The highest BCUT2D eigenvalue weighted by atomic mass is 35.5. The van der Waals surface area contributed by atoms with E-state index >= 15 is 0 Å². The van der Waals surface area contributed by atoms with Crippen molar-refractivity contribution in [1.29, 1.82) is 0 Å². The zero-order valence-corrected chi connectivity index (χ0v) is 11.4. The van der Waals surface area contributed by atoms with Crippen molar-refractivity contribution in [2.24, 2.45) is 0 Å². The minimum absolute atomic E-state index is 0.241. The summed E-state index contributed by atoms with van der Waals surface area (Å²) >= 11 is 5.86. The number of hydrogen-bond donors (Lipinski definition) is 2. The van der Waals surface area contributed by atoms with E-state index in [1.165, 1.54) is 0 Å². The highest BCUT2D eigenvalue weighted by Crippen LogP contribution is 2.17. The van der Waals surface area contributed by atoms with Crippen molar-refractivity contribution < 1.29 is 9.32 Å². The van der Waals surface area contributed by atoms with Crippen LogP contribution in [0, 0.1) is 13.8 Å². The molecule has 0 aliphatic carbocycles. The Hall–Kier alpha value is -2.01. The van der Waals surface area contributed by atoms with Crippen molar-refractivity contribution in [3.8, 4) is 0 Å². The lowest BCUT2D eigenvalue weighted by Crippen LogP contribution is -2.23. The lowest BCUT2D eigenvalue weighted by atomic mass is 10.1. The third kappa shape index (κ3) is 3.06. The molecule has 0 saturated heterocycles. The second-order valence-corrected chi connectivity index (χ2v) is 4.70. The zero-order valence-electron chi connectivity index (χ0n) is 10.7. The molecule has 1 heterocycles. The van der Waals surface area contributed by atoms with Crippen LogP contribution in [0.1, 0.15) is 27.4 Å². The highest BCUT2D eigenvalue weighted by Gasteiger charge is 2.12. The molecule has 5 nitrogen and oxygen atoms in total. The fraction of sp³-hybridized carbons (Fsp3) is 0.231. The van der Waals surface area contributed by atoms with Gasteiger partial charge in [-0.2, -0.15) is 0 Å². The number of aryl methyl sites for hydroxylation is 2. The number of nitrogens with zero attached hydrogens (tertiary/aromatic N) is 1. The summed E-state index contributed by atoms with van der Waals surface area (Å²) in [5.41, 5.74) is 8.17. The smallest absolute Gasteiger partial charge is 0.251 e. The average molecular weight is 280 g/mol. The van der Waals surface area contributed by atoms with Gasteiger partial charge >= 0.3 is 0 Å². The second kappa shape index (κ2) is 5.32. The fourth-order valence-electron chi connectivity index (χ4n) is 1.77. The quantitative estimate of drug-likeness (QED) is 0.846. The number of hydrogen-bond acceptors (Lipinski definition) is 4. The molecule has 0 fully saturated rings. The molecule has 0 atom stereocenters. The molecule has 2 rings (SSSR count). The summed E-state index contributed by atoms with van der Waals surface area (Å²) in [7, 11) is 0. The monoisotopic (exact) mass is 279 g/mol. The number of carbonyl (C=O) groups excluding carboxylic acids is 1. The van der Waals surface area contributed by atoms with Gasteiger partial charge in [-0.15, -0.1) is 0 Å². The van der Waals surface area contributed by atoms with Crippen molar-refractivity contribution in [1.82, 2.24) is 10.5 Å². The predicted octanol–water partition coefficient (Wildman–Crippen LogP) is 2.46. The summed E-state index contributed by atoms with van der Waals surface area (Å²) in [4.78, 5) is 12.0. The molecule has 0 spiro atoms. The molecule has 3 N–H and O–H groups in total. The van der Waals surface area contributed by atoms with Gasteiger partial charge in [-0.3, -0.25) is 4.79 Å². The largest absolute Gasteiger partial charge is 0.399 e. The van der Waals surface area contributed by atoms with Gasteiger partial charge in [0.15, 0.2) is 0 Å². The molecule has 0 unspecified atom stereocenters. The van der Waals surface area contributed by atoms with Gasteiger partial charge in [0.2, 0.25) is 0 Å². The third-order valence-corrected chi connectivity index (χ3v) is 3.01. The maximum absolute atomic E-state index is 12.0. The van der Waals surface area contributed by atoms with Crippen LogP contribution < -0.4 is 11.1 Å². The normalized spacial score (nSPS) is 10.5. The Morgan fingerprint density at radius 2 is 2.16 bits per heavy atom. The minimum Gasteiger partial charge on any atom is -0.399 e. The van der Waals surface area contributed by atoms with Crippen molar-refractivity contribution in [2.75, 3.05) is 5.73 Å². The minimum atomic E-state index is -0.241. The van der Waals surface area contributed by atoms with Gasteiger partial charge in [0, 0.05) is 28.4 Å². The lowest BCUT2D eigenvalue weighted by Gasteiger charge is -2.06. The van der Waals surface area contributed by atoms with Gasteiger partial charge in [0.1, 0.15) is 5.76 Å². The molecule has 1 amide bonds. The van der Waals surface area contributed by atoms with Crippen LogP contribution in [0.3, 0.4) is 0 Å². The Labute approximate surface area is 115 Å². The maximum Gasteiger partial charge on any atom is 0.251 e. The summed E-state index contributed by atoms with van der Waals surface area (Å²) in [5.74, 6) is 0.456. The summed E-state index contributed by atoms with van der Waals surface area (Å²) < 4.78 is 5.03. The van der Waals surface area contributed by atoms with E-state index in [4.69, 9.17) is 21.9 Å². The van der Waals surface area contributed by atoms with Gasteiger partial charge < -0.3 is 15.6 Å². The molecular formula is C13H14ClN3O2. The third-order valence-electron chi connectivity index (χ3n) is 2.79. The summed E-state index contributed by atoms with van der Waals surface area (Å²) in [5, 5.41) is 7.04. The number of nitrogens with one attached hydrogen (secondary N) is 1. The lowest BCUT2D eigenvalue weighted by molar-refractivity contribution is 0.0951. The van der Waals surface area contributed by atoms with E-state index in [9.17, 15) is 4.79 Å². The standard InChI is InChI=1S/C13H14ClN3O2/c1-7-12(8(2)19-17-7)6-16-13(18)9-3-10(14)5-11(15)4-9/h3-5H,6,15H2,1-2H3,(H,16,18). The van der Waals surface area contributed by atoms with E-state index in [1.807, 2.05) is 6.92 Å². The van der Waals surface area contributed by atoms with Crippen molar-refractivity contribution in [3.63, 3.8) is 0 Å². The van der Waals surface area contributed by atoms with Gasteiger partial charge in [-0.25, -0.2) is 0 Å². The van der Waals surface area contributed by atoms with Crippen LogP contribution in [0.2, 0.25) is 5.02 Å². The molecule has 2 aromatic rings. The van der Waals surface area contributed by atoms with Crippen LogP contribution >= 0.6 is 11.6 Å². The topological polar surface area (TPSA) is 81.2 Å². The SMILES string of the molecule is Cc1noc(C)c1CNC(=O)c1cc(N)cc(Cl)c1. The number of nitrogens with two attached hydrogens (primary N) is 1. The molecule has 1 aromatic heterocycles. The van der Waals surface area contributed by atoms with Gasteiger partial charge in [-0.1, -0.05) is 16.8 Å². The number of carbonyl (C=O) groups is 1. The molecule has 1 aromatic carbocycles. The molecule has 100 valence electrons. The van der Waals surface area contributed by atoms with E-state index in [0.29, 0.717) is 28.6 Å². The number of amides is 1. The summed E-state index contributed by atoms with van der Waals surface area (Å²) in [6, 6.07) is 4.74. The Morgan fingerprint density at radius 1 is 1.42 bits per heavy atom. The first kappa shape index (κ1) is 13.4. The molecule has 0 bridgehead atoms. The van der Waals surface area contributed by atoms with Crippen LogP contribution in [0.5, 0.6) is 0 Å². The fourth-order valence-corrected chi connectivity index (χ4v) is 2.01. The van der Waals surface area contributed by atoms with E-state index in [0.717, 1.165) is 11.3 Å². The summed E-state index contributed by atoms with van der Waals surface area (Å²) in [6.07, 6.45) is 0. The molecule has 0 aliphatic heterocycles. The summed E-state index contributed by atoms with van der Waals surface area (Å²) in [6.45, 7) is 3.99. The molecule has 19 heavy (non-hydrogen) atoms. The number of benzene rings is 1. The Bertz CT molecular complexity index is 583. The Kier molecular flexibility index (Phi) is 3.76. The van der Waals surface area contributed by atoms with Gasteiger partial charge in [-0.05, 0) is 32.0 Å². The first-order valence-corrected chi connectivity index (χ1v) is 6.11.